The highest BCUT2D eigenvalue weighted by Gasteiger charge is 2.09. The second-order valence-corrected chi connectivity index (χ2v) is 5.86. The van der Waals surface area contributed by atoms with Gasteiger partial charge in [-0.15, -0.1) is 11.3 Å². The summed E-state index contributed by atoms with van der Waals surface area (Å²) in [5.74, 6) is 1.30. The van der Waals surface area contributed by atoms with Crippen LogP contribution < -0.4 is 15.4 Å². The normalized spacial score (nSPS) is 10.5. The summed E-state index contributed by atoms with van der Waals surface area (Å²) in [4.78, 5) is 7.63. The van der Waals surface area contributed by atoms with Gasteiger partial charge < -0.3 is 15.4 Å². The largest absolute Gasteiger partial charge is 0.476 e. The number of halogens is 1. The zero-order chi connectivity index (χ0) is 13.8. The number of nitrogens with two attached hydrogens (primary N) is 1. The van der Waals surface area contributed by atoms with Crippen LogP contribution in [0.3, 0.4) is 0 Å². The molecule has 0 saturated heterocycles. The predicted octanol–water partition coefficient (Wildman–Crippen LogP) is 3.41. The number of pyridine rings is 1. The van der Waals surface area contributed by atoms with Crippen molar-refractivity contribution in [3.8, 4) is 5.88 Å². The molecule has 0 amide bonds. The van der Waals surface area contributed by atoms with E-state index in [9.17, 15) is 0 Å². The number of rotatable bonds is 5. The van der Waals surface area contributed by atoms with Crippen LogP contribution in [0.4, 0.5) is 11.5 Å². The molecule has 0 radical (unpaired) electrons. The second-order valence-electron chi connectivity index (χ2n) is 4.06. The van der Waals surface area contributed by atoms with E-state index < -0.39 is 0 Å². The number of anilines is 2. The van der Waals surface area contributed by atoms with Crippen LogP contribution >= 0.6 is 22.9 Å². The molecule has 2 aromatic heterocycles. The van der Waals surface area contributed by atoms with Crippen LogP contribution in [0.15, 0.2) is 24.3 Å². The van der Waals surface area contributed by atoms with Gasteiger partial charge in [0, 0.05) is 11.9 Å². The van der Waals surface area contributed by atoms with Crippen molar-refractivity contribution in [1.29, 1.82) is 0 Å². The number of hydrogen-bond acceptors (Lipinski definition) is 5. The maximum Gasteiger partial charge on any atom is 0.239 e. The molecule has 0 bridgehead atoms. The lowest BCUT2D eigenvalue weighted by molar-refractivity contribution is 0.329. The van der Waals surface area contributed by atoms with Crippen LogP contribution in [-0.2, 0) is 6.54 Å². The topological polar surface area (TPSA) is 51.4 Å². The Morgan fingerprint density at radius 3 is 2.79 bits per heavy atom. The van der Waals surface area contributed by atoms with Gasteiger partial charge >= 0.3 is 0 Å². The molecule has 0 aliphatic rings. The molecule has 2 rings (SSSR count). The minimum atomic E-state index is 0.482. The van der Waals surface area contributed by atoms with Gasteiger partial charge in [0.1, 0.15) is 5.82 Å². The standard InChI is InChI=1S/C13H16ClN3OS/c1-3-18-13-10(15)5-7-12(16-13)17(2)8-9-4-6-11(14)19-9/h4-7H,3,8,15H2,1-2H3. The fraction of sp³-hybridized carbons (Fsp3) is 0.308. The Labute approximate surface area is 121 Å². The molecule has 0 aliphatic carbocycles. The first-order valence-corrected chi connectivity index (χ1v) is 7.14. The first kappa shape index (κ1) is 14.0. The summed E-state index contributed by atoms with van der Waals surface area (Å²) >= 11 is 7.49. The molecular formula is C13H16ClN3OS. The molecule has 2 aromatic rings. The zero-order valence-corrected chi connectivity index (χ0v) is 12.5. The fourth-order valence-corrected chi connectivity index (χ4v) is 2.80. The monoisotopic (exact) mass is 297 g/mol. The van der Waals surface area contributed by atoms with Crippen molar-refractivity contribution in [3.63, 3.8) is 0 Å². The first-order chi connectivity index (χ1) is 9.10. The van der Waals surface area contributed by atoms with Crippen molar-refractivity contribution in [3.05, 3.63) is 33.5 Å². The van der Waals surface area contributed by atoms with Gasteiger partial charge in [-0.25, -0.2) is 0 Å². The first-order valence-electron chi connectivity index (χ1n) is 5.94. The third-order valence-electron chi connectivity index (χ3n) is 2.57. The minimum absolute atomic E-state index is 0.482. The molecule has 6 heteroatoms. The van der Waals surface area contributed by atoms with Crippen molar-refractivity contribution in [2.24, 2.45) is 0 Å². The summed E-state index contributed by atoms with van der Waals surface area (Å²) in [7, 11) is 1.97. The zero-order valence-electron chi connectivity index (χ0n) is 10.9. The third-order valence-corrected chi connectivity index (χ3v) is 3.78. The molecule has 0 saturated carbocycles. The lowest BCUT2D eigenvalue weighted by Gasteiger charge is -2.18. The Morgan fingerprint density at radius 2 is 2.16 bits per heavy atom. The van der Waals surface area contributed by atoms with Crippen LogP contribution in [0.25, 0.3) is 0 Å². The molecule has 0 aromatic carbocycles. The van der Waals surface area contributed by atoms with Crippen molar-refractivity contribution >= 4 is 34.4 Å². The molecule has 0 spiro atoms. The number of ether oxygens (including phenoxy) is 1. The minimum Gasteiger partial charge on any atom is -0.476 e. The van der Waals surface area contributed by atoms with E-state index in [1.807, 2.05) is 43.1 Å². The van der Waals surface area contributed by atoms with Gasteiger partial charge in [0.15, 0.2) is 0 Å². The lowest BCUT2D eigenvalue weighted by Crippen LogP contribution is -2.17. The van der Waals surface area contributed by atoms with Gasteiger partial charge in [0.2, 0.25) is 5.88 Å². The van der Waals surface area contributed by atoms with Crippen LogP contribution in [0.1, 0.15) is 11.8 Å². The van der Waals surface area contributed by atoms with Crippen LogP contribution in [0.2, 0.25) is 4.34 Å². The molecule has 4 nitrogen and oxygen atoms in total. The second kappa shape index (κ2) is 6.12. The summed E-state index contributed by atoms with van der Waals surface area (Å²) in [6, 6.07) is 7.61. The fourth-order valence-electron chi connectivity index (χ4n) is 1.66. The summed E-state index contributed by atoms with van der Waals surface area (Å²) in [5.41, 5.74) is 6.36. The Morgan fingerprint density at radius 1 is 1.37 bits per heavy atom. The summed E-state index contributed by atoms with van der Waals surface area (Å²) in [5, 5.41) is 0. The SMILES string of the molecule is CCOc1nc(N(C)Cc2ccc(Cl)s2)ccc1N. The lowest BCUT2D eigenvalue weighted by atomic mass is 10.3. The molecule has 2 heterocycles. The van der Waals surface area contributed by atoms with Crippen LogP contribution in [0, 0.1) is 0 Å². The Balaban J connectivity index is 2.14. The van der Waals surface area contributed by atoms with E-state index in [2.05, 4.69) is 4.98 Å². The number of nitrogens with zero attached hydrogens (tertiary/aromatic N) is 2. The van der Waals surface area contributed by atoms with Gasteiger partial charge in [-0.2, -0.15) is 4.98 Å². The molecule has 102 valence electrons. The average molecular weight is 298 g/mol. The van der Waals surface area contributed by atoms with E-state index in [0.29, 0.717) is 18.2 Å². The Hall–Kier alpha value is -1.46. The average Bonchev–Trinajstić information content (AvgIpc) is 2.77. The maximum atomic E-state index is 5.92. The maximum absolute atomic E-state index is 5.92. The smallest absolute Gasteiger partial charge is 0.239 e. The van der Waals surface area contributed by atoms with E-state index in [1.54, 1.807) is 11.3 Å². The number of aromatic nitrogens is 1. The highest BCUT2D eigenvalue weighted by atomic mass is 35.5. The van der Waals surface area contributed by atoms with E-state index >= 15 is 0 Å². The van der Waals surface area contributed by atoms with Crippen molar-refractivity contribution < 1.29 is 4.74 Å². The van der Waals surface area contributed by atoms with E-state index in [-0.39, 0.29) is 0 Å². The van der Waals surface area contributed by atoms with Gasteiger partial charge in [-0.05, 0) is 31.2 Å². The van der Waals surface area contributed by atoms with Gasteiger partial charge in [-0.3, -0.25) is 0 Å². The predicted molar refractivity (Wildman–Crippen MR) is 81.3 cm³/mol. The van der Waals surface area contributed by atoms with Crippen molar-refractivity contribution in [1.82, 2.24) is 4.98 Å². The highest BCUT2D eigenvalue weighted by Crippen LogP contribution is 2.26. The van der Waals surface area contributed by atoms with Crippen molar-refractivity contribution in [2.45, 2.75) is 13.5 Å². The number of thiophene rings is 1. The van der Waals surface area contributed by atoms with E-state index in [1.165, 1.54) is 4.88 Å². The summed E-state index contributed by atoms with van der Waals surface area (Å²) < 4.78 is 6.20. The third kappa shape index (κ3) is 3.52. The number of hydrogen-bond donors (Lipinski definition) is 1. The Bertz CT molecular complexity index is 559. The summed E-state index contributed by atoms with van der Waals surface area (Å²) in [6.45, 7) is 3.20. The molecular weight excluding hydrogens is 282 g/mol. The Kier molecular flexibility index (Phi) is 4.50. The van der Waals surface area contributed by atoms with Gasteiger partial charge in [0.05, 0.1) is 23.2 Å². The highest BCUT2D eigenvalue weighted by molar-refractivity contribution is 7.16. The van der Waals surface area contributed by atoms with Crippen LogP contribution in [-0.4, -0.2) is 18.6 Å². The molecule has 0 aliphatic heterocycles. The molecule has 0 fully saturated rings. The molecule has 0 atom stereocenters. The summed E-state index contributed by atoms with van der Waals surface area (Å²) in [6.07, 6.45) is 0. The van der Waals surface area contributed by atoms with Gasteiger partial charge in [-0.1, -0.05) is 11.6 Å². The van der Waals surface area contributed by atoms with Gasteiger partial charge in [0.25, 0.3) is 0 Å². The number of nitrogen functional groups attached to an aromatic ring is 1. The molecule has 0 unspecified atom stereocenters. The van der Waals surface area contributed by atoms with Crippen LogP contribution in [0.5, 0.6) is 5.88 Å². The quantitative estimate of drug-likeness (QED) is 0.919. The van der Waals surface area contributed by atoms with E-state index in [4.69, 9.17) is 22.1 Å². The van der Waals surface area contributed by atoms with E-state index in [0.717, 1.165) is 16.7 Å². The van der Waals surface area contributed by atoms with Crippen molar-refractivity contribution in [2.75, 3.05) is 24.3 Å². The molecule has 2 N–H and O–H groups in total. The molecule has 19 heavy (non-hydrogen) atoms.